The summed E-state index contributed by atoms with van der Waals surface area (Å²) in [6.45, 7) is 10.7. The van der Waals surface area contributed by atoms with Crippen LogP contribution >= 0.6 is 0 Å². The van der Waals surface area contributed by atoms with Gasteiger partial charge in [-0.25, -0.2) is 15.0 Å². The minimum Gasteiger partial charge on any atom is -0.358 e. The van der Waals surface area contributed by atoms with Crippen LogP contribution in [0.4, 0.5) is 11.5 Å². The highest BCUT2D eigenvalue weighted by molar-refractivity contribution is 6.10. The lowest BCUT2D eigenvalue weighted by atomic mass is 10.0. The summed E-state index contributed by atoms with van der Waals surface area (Å²) in [5, 5.41) is 5.80. The average molecular weight is 472 g/mol. The first-order valence-electron chi connectivity index (χ1n) is 12.7. The molecule has 4 heterocycles. The predicted molar refractivity (Wildman–Crippen MR) is 145 cm³/mol. The molecule has 0 atom stereocenters. The molecule has 7 heteroatoms. The molecule has 0 radical (unpaired) electrons. The minimum atomic E-state index is 0.750. The van der Waals surface area contributed by atoms with Crippen molar-refractivity contribution in [2.45, 2.75) is 53.4 Å². The molecule has 4 rings (SSSR count). The molecule has 1 saturated heterocycles. The largest absolute Gasteiger partial charge is 0.358 e. The number of allylic oxidation sites excluding steroid dienone is 1. The molecule has 3 aromatic heterocycles. The second kappa shape index (κ2) is 11.8. The third-order valence-electron chi connectivity index (χ3n) is 6.33. The summed E-state index contributed by atoms with van der Waals surface area (Å²) in [4.78, 5) is 17.8. The van der Waals surface area contributed by atoms with Crippen molar-refractivity contribution in [1.82, 2.24) is 20.0 Å². The maximum atomic E-state index is 5.09. The number of aromatic amines is 1. The van der Waals surface area contributed by atoms with Crippen molar-refractivity contribution in [2.24, 2.45) is 10.9 Å². The van der Waals surface area contributed by atoms with Gasteiger partial charge in [-0.1, -0.05) is 32.9 Å². The second-order valence-corrected chi connectivity index (χ2v) is 9.20. The molecular weight excluding hydrogens is 434 g/mol. The lowest BCUT2D eigenvalue weighted by Crippen LogP contribution is -2.37. The summed E-state index contributed by atoms with van der Waals surface area (Å²) in [6, 6.07) is 12.2. The molecule has 0 spiro atoms. The van der Waals surface area contributed by atoms with Crippen molar-refractivity contribution >= 4 is 23.0 Å². The molecule has 1 aliphatic rings. The normalized spacial score (nSPS) is 15.9. The Hall–Kier alpha value is -3.45. The van der Waals surface area contributed by atoms with Crippen LogP contribution in [0.3, 0.4) is 0 Å². The van der Waals surface area contributed by atoms with Gasteiger partial charge in [0, 0.05) is 42.9 Å². The van der Waals surface area contributed by atoms with E-state index in [4.69, 9.17) is 9.98 Å². The zero-order chi connectivity index (χ0) is 24.6. The number of aromatic nitrogens is 3. The summed E-state index contributed by atoms with van der Waals surface area (Å²) < 4.78 is 0. The Morgan fingerprint density at radius 3 is 2.74 bits per heavy atom. The minimum absolute atomic E-state index is 0.750. The van der Waals surface area contributed by atoms with E-state index in [9.17, 15) is 0 Å². The topological polar surface area (TPSA) is 81.2 Å². The van der Waals surface area contributed by atoms with Gasteiger partial charge < -0.3 is 15.7 Å². The van der Waals surface area contributed by atoms with E-state index in [1.165, 1.54) is 12.8 Å². The monoisotopic (exact) mass is 471 g/mol. The lowest BCUT2D eigenvalue weighted by molar-refractivity contribution is 0.226. The SMILES string of the molecule is CC/C=C(\N=C(\Nc1ccnc(NN2CCC(C)CC2)c1)c1[nH]ccc1C)c1cccc(CC)n1. The number of amidine groups is 1. The van der Waals surface area contributed by atoms with E-state index in [-0.39, 0.29) is 0 Å². The fraction of sp³-hybridized carbons (Fsp3) is 0.393. The van der Waals surface area contributed by atoms with Gasteiger partial charge in [0.1, 0.15) is 5.82 Å². The predicted octanol–water partition coefficient (Wildman–Crippen LogP) is 6.04. The zero-order valence-electron chi connectivity index (χ0n) is 21.3. The number of pyridine rings is 2. The molecule has 0 bridgehead atoms. The molecule has 35 heavy (non-hydrogen) atoms. The summed E-state index contributed by atoms with van der Waals surface area (Å²) in [5.74, 6) is 2.36. The van der Waals surface area contributed by atoms with Crippen LogP contribution in [0.25, 0.3) is 5.70 Å². The number of hydrazine groups is 1. The summed E-state index contributed by atoms with van der Waals surface area (Å²) >= 11 is 0. The third-order valence-corrected chi connectivity index (χ3v) is 6.33. The molecule has 0 saturated carbocycles. The van der Waals surface area contributed by atoms with Crippen LogP contribution in [-0.4, -0.2) is 38.9 Å². The number of aliphatic imine (C=N–C) groups is 1. The van der Waals surface area contributed by atoms with E-state index in [1.807, 2.05) is 30.6 Å². The standard InChI is InChI=1S/C28H37N7/c1-5-8-24(25-10-7-9-22(6-2)31-25)33-28(27-21(4)11-15-30-27)32-23-12-16-29-26(19-23)34-35-17-13-20(3)14-18-35/h7-12,15-16,19-20,30H,5-6,13-14,17-18H2,1-4H3,(H2,29,32,33,34)/b24-8-. The Balaban J connectivity index is 1.63. The Bertz CT molecular complexity index is 1170. The van der Waals surface area contributed by atoms with Crippen molar-refractivity contribution < 1.29 is 0 Å². The number of nitrogens with one attached hydrogen (secondary N) is 3. The molecule has 0 aromatic carbocycles. The van der Waals surface area contributed by atoms with Crippen molar-refractivity contribution in [3.63, 3.8) is 0 Å². The molecular formula is C28H37N7. The first kappa shape index (κ1) is 24.7. The highest BCUT2D eigenvalue weighted by Gasteiger charge is 2.16. The molecule has 3 N–H and O–H groups in total. The molecule has 184 valence electrons. The number of piperidine rings is 1. The Morgan fingerprint density at radius 2 is 2.03 bits per heavy atom. The van der Waals surface area contributed by atoms with Crippen LogP contribution < -0.4 is 10.7 Å². The van der Waals surface area contributed by atoms with Crippen LogP contribution in [0.15, 0.2) is 59.9 Å². The fourth-order valence-corrected chi connectivity index (χ4v) is 4.18. The van der Waals surface area contributed by atoms with Crippen LogP contribution in [0.2, 0.25) is 0 Å². The smallest absolute Gasteiger partial charge is 0.155 e. The number of hydrogen-bond acceptors (Lipinski definition) is 5. The highest BCUT2D eigenvalue weighted by Crippen LogP contribution is 2.22. The van der Waals surface area contributed by atoms with E-state index < -0.39 is 0 Å². The zero-order valence-corrected chi connectivity index (χ0v) is 21.3. The first-order valence-corrected chi connectivity index (χ1v) is 12.7. The van der Waals surface area contributed by atoms with Gasteiger partial charge in [-0.3, -0.25) is 4.98 Å². The molecule has 1 fully saturated rings. The maximum absolute atomic E-state index is 5.09. The van der Waals surface area contributed by atoms with Gasteiger partial charge in [-0.05, 0) is 68.4 Å². The van der Waals surface area contributed by atoms with Gasteiger partial charge in [0.15, 0.2) is 5.84 Å². The number of hydrogen-bond donors (Lipinski definition) is 3. The van der Waals surface area contributed by atoms with Gasteiger partial charge in [-0.15, -0.1) is 0 Å². The molecule has 3 aromatic rings. The van der Waals surface area contributed by atoms with E-state index in [0.29, 0.717) is 0 Å². The summed E-state index contributed by atoms with van der Waals surface area (Å²) in [5.41, 5.74) is 9.27. The van der Waals surface area contributed by atoms with Crippen molar-refractivity contribution in [1.29, 1.82) is 0 Å². The summed E-state index contributed by atoms with van der Waals surface area (Å²) in [6.07, 6.45) is 10.1. The Labute approximate surface area is 208 Å². The van der Waals surface area contributed by atoms with E-state index >= 15 is 0 Å². The van der Waals surface area contributed by atoms with Gasteiger partial charge in [0.05, 0.1) is 17.1 Å². The number of aryl methyl sites for hydroxylation is 2. The number of nitrogens with zero attached hydrogens (tertiary/aromatic N) is 4. The maximum Gasteiger partial charge on any atom is 0.155 e. The van der Waals surface area contributed by atoms with Crippen LogP contribution in [-0.2, 0) is 6.42 Å². The van der Waals surface area contributed by atoms with Gasteiger partial charge in [-0.2, -0.15) is 0 Å². The Morgan fingerprint density at radius 1 is 1.20 bits per heavy atom. The third kappa shape index (κ3) is 6.57. The van der Waals surface area contributed by atoms with Crippen LogP contribution in [0.1, 0.15) is 62.7 Å². The lowest BCUT2D eigenvalue weighted by Gasteiger charge is -2.30. The molecule has 0 unspecified atom stereocenters. The van der Waals surface area contributed by atoms with E-state index in [2.05, 4.69) is 77.7 Å². The van der Waals surface area contributed by atoms with Crippen LogP contribution in [0.5, 0.6) is 0 Å². The molecule has 1 aliphatic heterocycles. The highest BCUT2D eigenvalue weighted by atomic mass is 15.5. The second-order valence-electron chi connectivity index (χ2n) is 9.20. The number of anilines is 2. The first-order chi connectivity index (χ1) is 17.1. The van der Waals surface area contributed by atoms with Crippen molar-refractivity contribution in [3.05, 3.63) is 77.5 Å². The summed E-state index contributed by atoms with van der Waals surface area (Å²) in [7, 11) is 0. The Kier molecular flexibility index (Phi) is 8.32. The van der Waals surface area contributed by atoms with Gasteiger partial charge >= 0.3 is 0 Å². The molecule has 0 amide bonds. The van der Waals surface area contributed by atoms with Crippen molar-refractivity contribution in [3.8, 4) is 0 Å². The molecule has 7 nitrogen and oxygen atoms in total. The number of rotatable bonds is 8. The average Bonchev–Trinajstić information content (AvgIpc) is 3.30. The fourth-order valence-electron chi connectivity index (χ4n) is 4.18. The molecule has 0 aliphatic carbocycles. The van der Waals surface area contributed by atoms with Crippen molar-refractivity contribution in [2.75, 3.05) is 23.8 Å². The van der Waals surface area contributed by atoms with E-state index in [1.54, 1.807) is 0 Å². The van der Waals surface area contributed by atoms with E-state index in [0.717, 1.165) is 77.5 Å². The number of H-pyrrole nitrogens is 1. The quantitative estimate of drug-likeness (QED) is 0.275. The van der Waals surface area contributed by atoms with Crippen LogP contribution in [0, 0.1) is 12.8 Å². The van der Waals surface area contributed by atoms with Gasteiger partial charge in [0.2, 0.25) is 0 Å². The van der Waals surface area contributed by atoms with Gasteiger partial charge in [0.25, 0.3) is 0 Å².